The molecular formula is C33H54O6Si2. The molecule has 230 valence electrons. The molecule has 8 heteroatoms. The Morgan fingerprint density at radius 2 is 1.12 bits per heavy atom. The zero-order valence-electron chi connectivity index (χ0n) is 27.2. The number of hydrogen-bond donors (Lipinski definition) is 0. The van der Waals surface area contributed by atoms with E-state index in [0.717, 1.165) is 11.1 Å². The topological polar surface area (TPSA) is 55.4 Å². The van der Waals surface area contributed by atoms with Gasteiger partial charge in [-0.2, -0.15) is 0 Å². The van der Waals surface area contributed by atoms with Crippen molar-refractivity contribution in [2.24, 2.45) is 0 Å². The highest BCUT2D eigenvalue weighted by Crippen LogP contribution is 2.42. The van der Waals surface area contributed by atoms with Crippen molar-refractivity contribution in [2.75, 3.05) is 13.7 Å². The maximum atomic E-state index is 7.17. The summed E-state index contributed by atoms with van der Waals surface area (Å²) >= 11 is 0. The predicted molar refractivity (Wildman–Crippen MR) is 171 cm³/mol. The van der Waals surface area contributed by atoms with E-state index >= 15 is 0 Å². The van der Waals surface area contributed by atoms with E-state index in [4.69, 9.17) is 27.8 Å². The maximum Gasteiger partial charge on any atom is 0.192 e. The van der Waals surface area contributed by atoms with Crippen LogP contribution >= 0.6 is 0 Å². The first-order valence-corrected chi connectivity index (χ1v) is 20.7. The Balaban J connectivity index is 1.99. The molecule has 1 heterocycles. The van der Waals surface area contributed by atoms with Gasteiger partial charge in [-0.1, -0.05) is 102 Å². The summed E-state index contributed by atoms with van der Waals surface area (Å²) in [7, 11) is -2.63. The number of hydrogen-bond acceptors (Lipinski definition) is 6. The summed E-state index contributed by atoms with van der Waals surface area (Å²) in [4.78, 5) is 0. The average Bonchev–Trinajstić information content (AvgIpc) is 2.90. The molecule has 2 aromatic carbocycles. The molecule has 0 bridgehead atoms. The number of benzene rings is 2. The minimum absolute atomic E-state index is 0.000312. The van der Waals surface area contributed by atoms with Gasteiger partial charge in [0.15, 0.2) is 22.9 Å². The van der Waals surface area contributed by atoms with Crippen LogP contribution in [0.25, 0.3) is 0 Å². The molecule has 1 fully saturated rings. The van der Waals surface area contributed by atoms with Gasteiger partial charge < -0.3 is 27.8 Å². The summed E-state index contributed by atoms with van der Waals surface area (Å²) < 4.78 is 39.9. The van der Waals surface area contributed by atoms with Gasteiger partial charge in [-0.3, -0.25) is 0 Å². The fraction of sp³-hybridized carbons (Fsp3) is 0.636. The van der Waals surface area contributed by atoms with Crippen LogP contribution < -0.4 is 0 Å². The highest BCUT2D eigenvalue weighted by molar-refractivity contribution is 6.74. The van der Waals surface area contributed by atoms with E-state index in [1.807, 2.05) is 36.4 Å². The molecule has 0 aromatic heterocycles. The summed E-state index contributed by atoms with van der Waals surface area (Å²) in [6.45, 7) is 23.9. The molecule has 1 aliphatic heterocycles. The molecule has 6 nitrogen and oxygen atoms in total. The quantitative estimate of drug-likeness (QED) is 0.230. The van der Waals surface area contributed by atoms with Gasteiger partial charge in [0.05, 0.1) is 19.8 Å². The second-order valence-electron chi connectivity index (χ2n) is 14.2. The van der Waals surface area contributed by atoms with E-state index in [1.54, 1.807) is 7.11 Å². The minimum Gasteiger partial charge on any atom is -0.414 e. The Morgan fingerprint density at radius 1 is 0.659 bits per heavy atom. The molecule has 0 aliphatic carbocycles. The Bertz CT molecular complexity index is 1050. The van der Waals surface area contributed by atoms with Gasteiger partial charge in [0, 0.05) is 7.11 Å². The van der Waals surface area contributed by atoms with Crippen LogP contribution in [-0.4, -0.2) is 61.1 Å². The number of ether oxygens (including phenoxy) is 4. The monoisotopic (exact) mass is 602 g/mol. The second kappa shape index (κ2) is 13.9. The number of rotatable bonds is 12. The minimum atomic E-state index is -2.25. The van der Waals surface area contributed by atoms with Gasteiger partial charge in [0.2, 0.25) is 0 Å². The summed E-state index contributed by atoms with van der Waals surface area (Å²) in [6, 6.07) is 20.4. The molecular weight excluding hydrogens is 549 g/mol. The average molecular weight is 603 g/mol. The fourth-order valence-electron chi connectivity index (χ4n) is 4.27. The fourth-order valence-corrected chi connectivity index (χ4v) is 6.60. The standard InChI is InChI=1S/C33H54O6Si2/c1-32(2,3)40(8,9)37-24-27-28(39-41(10,11)33(4,5)6)29(35-22-25-18-14-12-15-19-25)30(31(34-7)38-27)36-23-26-20-16-13-17-21-26/h12-21,27-31H,22-24H2,1-11H3/t27-,28+,29+,30-,31+/m1/s1. The zero-order valence-corrected chi connectivity index (χ0v) is 29.2. The van der Waals surface area contributed by atoms with Crippen LogP contribution in [0.3, 0.4) is 0 Å². The van der Waals surface area contributed by atoms with Crippen molar-refractivity contribution in [3.63, 3.8) is 0 Å². The van der Waals surface area contributed by atoms with Crippen LogP contribution in [0.4, 0.5) is 0 Å². The smallest absolute Gasteiger partial charge is 0.192 e. The Labute approximate surface area is 251 Å². The molecule has 0 N–H and O–H groups in total. The third kappa shape index (κ3) is 9.06. The van der Waals surface area contributed by atoms with Crippen molar-refractivity contribution < 1.29 is 27.8 Å². The molecule has 1 aliphatic rings. The lowest BCUT2D eigenvalue weighted by Crippen LogP contribution is -2.64. The lowest BCUT2D eigenvalue weighted by Gasteiger charge is -2.50. The third-order valence-electron chi connectivity index (χ3n) is 9.05. The first-order valence-electron chi connectivity index (χ1n) is 14.9. The Kier molecular flexibility index (Phi) is 11.6. The van der Waals surface area contributed by atoms with Crippen LogP contribution in [0.15, 0.2) is 60.7 Å². The van der Waals surface area contributed by atoms with Crippen LogP contribution in [-0.2, 0) is 41.0 Å². The van der Waals surface area contributed by atoms with Gasteiger partial charge >= 0.3 is 0 Å². The van der Waals surface area contributed by atoms with Gasteiger partial charge in [0.25, 0.3) is 0 Å². The van der Waals surface area contributed by atoms with Crippen molar-refractivity contribution >= 4 is 16.6 Å². The number of methoxy groups -OCH3 is 1. The van der Waals surface area contributed by atoms with Crippen molar-refractivity contribution in [1.29, 1.82) is 0 Å². The van der Waals surface area contributed by atoms with Crippen LogP contribution in [0.5, 0.6) is 0 Å². The van der Waals surface area contributed by atoms with Crippen LogP contribution in [0.2, 0.25) is 36.3 Å². The highest BCUT2D eigenvalue weighted by Gasteiger charge is 2.52. The Morgan fingerprint density at radius 3 is 1.56 bits per heavy atom. The summed E-state index contributed by atoms with van der Waals surface area (Å²) in [5.74, 6) is 0. The molecule has 0 unspecified atom stereocenters. The largest absolute Gasteiger partial charge is 0.414 e. The third-order valence-corrected chi connectivity index (χ3v) is 18.0. The highest BCUT2D eigenvalue weighted by atomic mass is 28.4. The van der Waals surface area contributed by atoms with Crippen molar-refractivity contribution in [1.82, 2.24) is 0 Å². The summed E-state index contributed by atoms with van der Waals surface area (Å²) in [5, 5.41) is 0.0724. The van der Waals surface area contributed by atoms with E-state index in [0.29, 0.717) is 19.8 Å². The molecule has 0 saturated carbocycles. The second-order valence-corrected chi connectivity index (χ2v) is 23.8. The summed E-state index contributed by atoms with van der Waals surface area (Å²) in [5.41, 5.74) is 2.17. The molecule has 2 aromatic rings. The SMILES string of the molecule is CO[C@H]1O[C@H](CO[Si](C)(C)C(C)(C)C)[C@H](O[Si](C)(C)C(C)(C)C)[C@H](OCc2ccccc2)[C@H]1OCc1ccccc1. The molecule has 41 heavy (non-hydrogen) atoms. The maximum absolute atomic E-state index is 7.17. The first-order chi connectivity index (χ1) is 19.1. The van der Waals surface area contributed by atoms with E-state index in [2.05, 4.69) is 92.0 Å². The van der Waals surface area contributed by atoms with Gasteiger partial charge in [-0.25, -0.2) is 0 Å². The van der Waals surface area contributed by atoms with Gasteiger partial charge in [-0.05, 0) is 47.4 Å². The van der Waals surface area contributed by atoms with Crippen molar-refractivity contribution in [3.8, 4) is 0 Å². The van der Waals surface area contributed by atoms with E-state index < -0.39 is 41.2 Å². The van der Waals surface area contributed by atoms with E-state index in [9.17, 15) is 0 Å². The molecule has 0 spiro atoms. The lowest BCUT2D eigenvalue weighted by atomic mass is 9.98. The predicted octanol–water partition coefficient (Wildman–Crippen LogP) is 7.94. The normalized spacial score (nSPS) is 24.4. The van der Waals surface area contributed by atoms with Gasteiger partial charge in [-0.15, -0.1) is 0 Å². The van der Waals surface area contributed by atoms with Gasteiger partial charge in [0.1, 0.15) is 24.4 Å². The molecule has 0 amide bonds. The molecule has 1 saturated heterocycles. The Hall–Kier alpha value is -1.37. The van der Waals surface area contributed by atoms with Crippen molar-refractivity contribution in [2.45, 2.75) is 122 Å². The van der Waals surface area contributed by atoms with Crippen molar-refractivity contribution in [3.05, 3.63) is 71.8 Å². The van der Waals surface area contributed by atoms with Crippen LogP contribution in [0, 0.1) is 0 Å². The lowest BCUT2D eigenvalue weighted by molar-refractivity contribution is -0.310. The van der Waals surface area contributed by atoms with Crippen LogP contribution in [0.1, 0.15) is 52.7 Å². The first kappa shape index (κ1) is 34.1. The zero-order chi connectivity index (χ0) is 30.5. The van der Waals surface area contributed by atoms with E-state index in [-0.39, 0.29) is 16.2 Å². The summed E-state index contributed by atoms with van der Waals surface area (Å²) in [6.07, 6.45) is -2.33. The molecule has 3 rings (SSSR count). The van der Waals surface area contributed by atoms with E-state index in [1.165, 1.54) is 0 Å². The molecule has 5 atom stereocenters. The molecule has 0 radical (unpaired) electrons.